The molecule has 10 heteroatoms. The zero-order valence-electron chi connectivity index (χ0n) is 19.0. The predicted molar refractivity (Wildman–Crippen MR) is 122 cm³/mol. The van der Waals surface area contributed by atoms with Gasteiger partial charge in [-0.3, -0.25) is 4.79 Å². The lowest BCUT2D eigenvalue weighted by atomic mass is 9.84. The van der Waals surface area contributed by atoms with E-state index in [1.807, 2.05) is 0 Å². The molecule has 2 aromatic carbocycles. The highest BCUT2D eigenvalue weighted by atomic mass is 16.5. The van der Waals surface area contributed by atoms with Crippen LogP contribution in [0, 0.1) is 6.92 Å². The Morgan fingerprint density at radius 3 is 2.53 bits per heavy atom. The standard InChI is InChI=1S/C24H27N3O7/c1-12-6-4-9-16(29)17(12)21(30)34-11-24(33)20(18-19(23(24,3)32)27-22(31)26-18)25-15-8-5-7-14(10-15)13(2)28/h4-10,18-20,25,29,32-33H,11H2,1-3H3,(H2,26,27,31)/t18-,19+,20+,23-,24-/m1/s1. The molecule has 4 rings (SSSR count). The van der Waals surface area contributed by atoms with E-state index in [9.17, 15) is 29.7 Å². The number of amides is 2. The normalized spacial score (nSPS) is 29.7. The minimum atomic E-state index is -2.07. The number of phenols is 1. The van der Waals surface area contributed by atoms with Crippen molar-refractivity contribution in [2.45, 2.75) is 50.1 Å². The fraction of sp³-hybridized carbons (Fsp3) is 0.375. The zero-order chi connectivity index (χ0) is 24.8. The Balaban J connectivity index is 1.66. The van der Waals surface area contributed by atoms with Crippen LogP contribution in [0.25, 0.3) is 0 Å². The van der Waals surface area contributed by atoms with Gasteiger partial charge in [-0.25, -0.2) is 9.59 Å². The van der Waals surface area contributed by atoms with Crippen molar-refractivity contribution in [3.8, 4) is 5.75 Å². The van der Waals surface area contributed by atoms with E-state index < -0.39 is 47.9 Å². The number of nitrogens with one attached hydrogen (secondary N) is 3. The number of hydrogen-bond donors (Lipinski definition) is 6. The Hall–Kier alpha value is -3.63. The Labute approximate surface area is 195 Å². The number of carbonyl (C=O) groups excluding carboxylic acids is 3. The van der Waals surface area contributed by atoms with Crippen LogP contribution in [0.4, 0.5) is 10.5 Å². The molecule has 0 radical (unpaired) electrons. The van der Waals surface area contributed by atoms with Gasteiger partial charge in [0.25, 0.3) is 0 Å². The predicted octanol–water partition coefficient (Wildman–Crippen LogP) is 1.09. The zero-order valence-corrected chi connectivity index (χ0v) is 19.0. The maximum Gasteiger partial charge on any atom is 0.342 e. The second kappa shape index (κ2) is 8.30. The van der Waals surface area contributed by atoms with E-state index in [2.05, 4.69) is 16.0 Å². The van der Waals surface area contributed by atoms with Crippen molar-refractivity contribution in [3.63, 3.8) is 0 Å². The number of aliphatic hydroxyl groups is 2. The molecule has 1 heterocycles. The number of ketones is 1. The molecule has 6 N–H and O–H groups in total. The molecule has 1 aliphatic heterocycles. The van der Waals surface area contributed by atoms with Gasteiger partial charge < -0.3 is 36.0 Å². The minimum Gasteiger partial charge on any atom is -0.507 e. The van der Waals surface area contributed by atoms with E-state index in [1.165, 1.54) is 19.9 Å². The van der Waals surface area contributed by atoms with Gasteiger partial charge in [0, 0.05) is 11.3 Å². The molecule has 5 atom stereocenters. The molecular weight excluding hydrogens is 442 g/mol. The number of aryl methyl sites for hydroxylation is 1. The Bertz CT molecular complexity index is 1140. The van der Waals surface area contributed by atoms with E-state index >= 15 is 0 Å². The van der Waals surface area contributed by atoms with Crippen molar-refractivity contribution in [1.82, 2.24) is 10.6 Å². The molecule has 0 bridgehead atoms. The summed E-state index contributed by atoms with van der Waals surface area (Å²) in [5.74, 6) is -1.29. The molecule has 2 fully saturated rings. The summed E-state index contributed by atoms with van der Waals surface area (Å²) in [6.07, 6.45) is 0. The van der Waals surface area contributed by atoms with Gasteiger partial charge in [-0.05, 0) is 44.5 Å². The number of anilines is 1. The van der Waals surface area contributed by atoms with Crippen LogP contribution in [0.2, 0.25) is 0 Å². The largest absolute Gasteiger partial charge is 0.507 e. The summed E-state index contributed by atoms with van der Waals surface area (Å²) in [5.41, 5.74) is -2.64. The number of benzene rings is 2. The third-order valence-electron chi connectivity index (χ3n) is 6.77. The van der Waals surface area contributed by atoms with Crippen molar-refractivity contribution in [2.24, 2.45) is 0 Å². The van der Waals surface area contributed by atoms with Crippen LogP contribution in [0.15, 0.2) is 42.5 Å². The SMILES string of the molecule is CC(=O)c1cccc(N[C@H]2[C@@H]3NC(=O)N[C@@H]3[C@@](C)(O)[C@@]2(O)COC(=O)c2c(C)cccc2O)c1. The summed E-state index contributed by atoms with van der Waals surface area (Å²) in [4.78, 5) is 36.6. The molecule has 1 aliphatic carbocycles. The number of carbonyl (C=O) groups is 3. The van der Waals surface area contributed by atoms with Gasteiger partial charge >= 0.3 is 12.0 Å². The Kier molecular flexibility index (Phi) is 5.74. The molecule has 34 heavy (non-hydrogen) atoms. The maximum atomic E-state index is 12.8. The Morgan fingerprint density at radius 2 is 1.85 bits per heavy atom. The highest BCUT2D eigenvalue weighted by Gasteiger charge is 2.70. The van der Waals surface area contributed by atoms with Crippen molar-refractivity contribution >= 4 is 23.5 Å². The maximum absolute atomic E-state index is 12.8. The van der Waals surface area contributed by atoms with Crippen LogP contribution < -0.4 is 16.0 Å². The number of fused-ring (bicyclic) bond motifs is 1. The van der Waals surface area contributed by atoms with Crippen LogP contribution in [-0.4, -0.2) is 69.0 Å². The second-order valence-corrected chi connectivity index (χ2v) is 9.00. The minimum absolute atomic E-state index is 0.0472. The van der Waals surface area contributed by atoms with Crippen LogP contribution in [0.5, 0.6) is 5.75 Å². The van der Waals surface area contributed by atoms with Crippen LogP contribution in [-0.2, 0) is 4.74 Å². The summed E-state index contributed by atoms with van der Waals surface area (Å²) < 4.78 is 5.39. The number of phenolic OH excluding ortho intramolecular Hbond substituents is 1. The molecule has 2 aliphatic rings. The lowest BCUT2D eigenvalue weighted by Gasteiger charge is -2.40. The number of esters is 1. The second-order valence-electron chi connectivity index (χ2n) is 9.00. The first-order valence-electron chi connectivity index (χ1n) is 10.8. The van der Waals surface area contributed by atoms with Crippen molar-refractivity contribution < 1.29 is 34.4 Å². The molecule has 180 valence electrons. The summed E-state index contributed by atoms with van der Waals surface area (Å²) in [5, 5.41) is 41.6. The van der Waals surface area contributed by atoms with Gasteiger partial charge in [-0.1, -0.05) is 24.3 Å². The summed E-state index contributed by atoms with van der Waals surface area (Å²) >= 11 is 0. The smallest absolute Gasteiger partial charge is 0.342 e. The number of hydrogen-bond acceptors (Lipinski definition) is 8. The number of urea groups is 1. The average molecular weight is 469 g/mol. The summed E-state index contributed by atoms with van der Waals surface area (Å²) in [7, 11) is 0. The van der Waals surface area contributed by atoms with Gasteiger partial charge in [-0.15, -0.1) is 0 Å². The van der Waals surface area contributed by atoms with E-state index in [4.69, 9.17) is 4.74 Å². The quantitative estimate of drug-likeness (QED) is 0.271. The molecule has 10 nitrogen and oxygen atoms in total. The lowest BCUT2D eigenvalue weighted by molar-refractivity contribution is -0.154. The van der Waals surface area contributed by atoms with Gasteiger partial charge in [0.2, 0.25) is 0 Å². The molecule has 1 saturated carbocycles. The van der Waals surface area contributed by atoms with Gasteiger partial charge in [0.15, 0.2) is 11.4 Å². The third-order valence-corrected chi connectivity index (χ3v) is 6.77. The molecule has 0 unspecified atom stereocenters. The number of ether oxygens (including phenoxy) is 1. The van der Waals surface area contributed by atoms with Crippen molar-refractivity contribution in [1.29, 1.82) is 0 Å². The van der Waals surface area contributed by atoms with E-state index in [-0.39, 0.29) is 17.1 Å². The van der Waals surface area contributed by atoms with Crippen LogP contribution in [0.3, 0.4) is 0 Å². The Morgan fingerprint density at radius 1 is 1.15 bits per heavy atom. The molecule has 2 aromatic rings. The molecule has 0 spiro atoms. The first-order valence-corrected chi connectivity index (χ1v) is 10.8. The van der Waals surface area contributed by atoms with E-state index in [0.29, 0.717) is 16.8 Å². The molecule has 0 aromatic heterocycles. The molecule has 1 saturated heterocycles. The monoisotopic (exact) mass is 469 g/mol. The summed E-state index contributed by atoms with van der Waals surface area (Å²) in [6.45, 7) is 3.77. The lowest BCUT2D eigenvalue weighted by Crippen LogP contribution is -2.64. The fourth-order valence-corrected chi connectivity index (χ4v) is 4.77. The molecular formula is C24H27N3O7. The first kappa shape index (κ1) is 23.5. The van der Waals surface area contributed by atoms with Crippen molar-refractivity contribution in [2.75, 3.05) is 11.9 Å². The summed E-state index contributed by atoms with van der Waals surface area (Å²) in [6, 6.07) is 7.95. The van der Waals surface area contributed by atoms with E-state index in [1.54, 1.807) is 43.3 Å². The third kappa shape index (κ3) is 3.74. The van der Waals surface area contributed by atoms with Crippen LogP contribution >= 0.6 is 0 Å². The highest BCUT2D eigenvalue weighted by Crippen LogP contribution is 2.43. The van der Waals surface area contributed by atoms with Gasteiger partial charge in [0.05, 0.1) is 18.1 Å². The molecule has 2 amide bonds. The fourth-order valence-electron chi connectivity index (χ4n) is 4.77. The average Bonchev–Trinajstić information content (AvgIpc) is 3.22. The topological polar surface area (TPSA) is 157 Å². The highest BCUT2D eigenvalue weighted by molar-refractivity contribution is 5.95. The van der Waals surface area contributed by atoms with Crippen LogP contribution in [0.1, 0.15) is 40.1 Å². The first-order chi connectivity index (χ1) is 16.0. The number of rotatable bonds is 6. The number of Topliss-reactive ketones (excluding diaryl/α,β-unsaturated/α-hetero) is 1. The van der Waals surface area contributed by atoms with Crippen molar-refractivity contribution in [3.05, 3.63) is 59.2 Å². The number of aromatic hydroxyl groups is 1. The van der Waals surface area contributed by atoms with Gasteiger partial charge in [-0.2, -0.15) is 0 Å². The van der Waals surface area contributed by atoms with E-state index in [0.717, 1.165) is 0 Å². The van der Waals surface area contributed by atoms with Gasteiger partial charge in [0.1, 0.15) is 23.5 Å².